The van der Waals surface area contributed by atoms with Crippen molar-refractivity contribution in [1.29, 1.82) is 0 Å². The standard InChI is InChI=1S/C18H19NO3/c1-11-13-9-15(21-2)16(22-3)10-14(13)18(20)17(19-11)12-7-5-4-6-8-12/h4-10,17-18,20H,1-3H3/t17-,18+/m0/s1. The van der Waals surface area contributed by atoms with Crippen molar-refractivity contribution in [3.8, 4) is 11.5 Å². The molecule has 1 aliphatic heterocycles. The zero-order valence-corrected chi connectivity index (χ0v) is 12.9. The predicted octanol–water partition coefficient (Wildman–Crippen LogP) is 3.30. The third-order valence-corrected chi connectivity index (χ3v) is 4.04. The fourth-order valence-electron chi connectivity index (χ4n) is 2.88. The molecule has 0 aromatic heterocycles. The monoisotopic (exact) mass is 297 g/mol. The molecule has 0 amide bonds. The van der Waals surface area contributed by atoms with E-state index in [2.05, 4.69) is 4.99 Å². The van der Waals surface area contributed by atoms with Crippen LogP contribution >= 0.6 is 0 Å². The van der Waals surface area contributed by atoms with Crippen LogP contribution in [0.15, 0.2) is 47.5 Å². The number of rotatable bonds is 3. The van der Waals surface area contributed by atoms with Gasteiger partial charge in [-0.2, -0.15) is 0 Å². The van der Waals surface area contributed by atoms with E-state index in [1.54, 1.807) is 14.2 Å². The third kappa shape index (κ3) is 2.35. The molecule has 1 aliphatic rings. The van der Waals surface area contributed by atoms with E-state index in [0.717, 1.165) is 22.4 Å². The SMILES string of the molecule is COc1cc2c(cc1OC)[C@@H](O)[C@H](c1ccccc1)N=C2C. The minimum atomic E-state index is -0.707. The molecule has 0 saturated heterocycles. The Hall–Kier alpha value is -2.33. The summed E-state index contributed by atoms with van der Waals surface area (Å²) >= 11 is 0. The zero-order chi connectivity index (χ0) is 15.7. The maximum atomic E-state index is 10.8. The van der Waals surface area contributed by atoms with Crippen molar-refractivity contribution in [1.82, 2.24) is 0 Å². The van der Waals surface area contributed by atoms with Crippen molar-refractivity contribution < 1.29 is 14.6 Å². The average Bonchev–Trinajstić information content (AvgIpc) is 2.57. The van der Waals surface area contributed by atoms with Crippen LogP contribution in [0.3, 0.4) is 0 Å². The molecule has 22 heavy (non-hydrogen) atoms. The van der Waals surface area contributed by atoms with Gasteiger partial charge in [-0.15, -0.1) is 0 Å². The Balaban J connectivity index is 2.11. The van der Waals surface area contributed by atoms with Gasteiger partial charge in [-0.05, 0) is 30.2 Å². The number of benzene rings is 2. The Morgan fingerprint density at radius 1 is 1.00 bits per heavy atom. The summed E-state index contributed by atoms with van der Waals surface area (Å²) in [6.07, 6.45) is -0.707. The molecule has 4 nitrogen and oxygen atoms in total. The molecule has 0 saturated carbocycles. The van der Waals surface area contributed by atoms with Crippen LogP contribution in [-0.4, -0.2) is 25.0 Å². The molecule has 1 heterocycles. The molecule has 2 atom stereocenters. The zero-order valence-electron chi connectivity index (χ0n) is 12.9. The normalized spacial score (nSPS) is 20.1. The number of aliphatic imine (C=N–C) groups is 1. The fraction of sp³-hybridized carbons (Fsp3) is 0.278. The Morgan fingerprint density at radius 2 is 1.64 bits per heavy atom. The highest BCUT2D eigenvalue weighted by molar-refractivity contribution is 6.01. The van der Waals surface area contributed by atoms with Crippen molar-refractivity contribution in [2.24, 2.45) is 4.99 Å². The van der Waals surface area contributed by atoms with Crippen molar-refractivity contribution >= 4 is 5.71 Å². The van der Waals surface area contributed by atoms with E-state index in [1.807, 2.05) is 49.4 Å². The topological polar surface area (TPSA) is 51.0 Å². The molecule has 2 aromatic rings. The van der Waals surface area contributed by atoms with Crippen LogP contribution in [-0.2, 0) is 0 Å². The number of ether oxygens (including phenoxy) is 2. The van der Waals surface area contributed by atoms with Crippen LogP contribution < -0.4 is 9.47 Å². The second-order valence-corrected chi connectivity index (χ2v) is 5.31. The Labute approximate surface area is 130 Å². The summed E-state index contributed by atoms with van der Waals surface area (Å²) in [5, 5.41) is 10.8. The van der Waals surface area contributed by atoms with Gasteiger partial charge >= 0.3 is 0 Å². The molecular formula is C18H19NO3. The van der Waals surface area contributed by atoms with Crippen LogP contribution in [0.2, 0.25) is 0 Å². The summed E-state index contributed by atoms with van der Waals surface area (Å²) in [5.41, 5.74) is 3.60. The minimum Gasteiger partial charge on any atom is -0.493 e. The molecule has 0 radical (unpaired) electrons. The van der Waals surface area contributed by atoms with E-state index >= 15 is 0 Å². The number of nitrogens with zero attached hydrogens (tertiary/aromatic N) is 1. The molecule has 3 rings (SSSR count). The highest BCUT2D eigenvalue weighted by atomic mass is 16.5. The first-order chi connectivity index (χ1) is 10.7. The van der Waals surface area contributed by atoms with Gasteiger partial charge in [0.1, 0.15) is 12.1 Å². The number of aliphatic hydroxyl groups is 1. The summed E-state index contributed by atoms with van der Waals surface area (Å²) in [6, 6.07) is 13.2. The lowest BCUT2D eigenvalue weighted by atomic mass is 9.88. The van der Waals surface area contributed by atoms with Crippen LogP contribution in [0.25, 0.3) is 0 Å². The number of fused-ring (bicyclic) bond motifs is 1. The molecule has 114 valence electrons. The van der Waals surface area contributed by atoms with Crippen LogP contribution in [0.4, 0.5) is 0 Å². The fourth-order valence-corrected chi connectivity index (χ4v) is 2.88. The first kappa shape index (κ1) is 14.6. The smallest absolute Gasteiger partial charge is 0.161 e. The van der Waals surface area contributed by atoms with Crippen molar-refractivity contribution in [3.05, 3.63) is 59.2 Å². The largest absolute Gasteiger partial charge is 0.493 e. The second-order valence-electron chi connectivity index (χ2n) is 5.31. The van der Waals surface area contributed by atoms with Gasteiger partial charge in [0.15, 0.2) is 11.5 Å². The highest BCUT2D eigenvalue weighted by Gasteiger charge is 2.30. The lowest BCUT2D eigenvalue weighted by molar-refractivity contribution is 0.145. The summed E-state index contributed by atoms with van der Waals surface area (Å²) in [7, 11) is 3.19. The Kier molecular flexibility index (Phi) is 3.86. The molecule has 1 N–H and O–H groups in total. The van der Waals surface area contributed by atoms with E-state index in [4.69, 9.17) is 9.47 Å². The first-order valence-corrected chi connectivity index (χ1v) is 7.19. The third-order valence-electron chi connectivity index (χ3n) is 4.04. The average molecular weight is 297 g/mol. The number of hydrogen-bond donors (Lipinski definition) is 1. The van der Waals surface area contributed by atoms with Crippen LogP contribution in [0.5, 0.6) is 11.5 Å². The van der Waals surface area contributed by atoms with Gasteiger partial charge in [-0.1, -0.05) is 30.3 Å². The lowest BCUT2D eigenvalue weighted by Crippen LogP contribution is -2.20. The Bertz CT molecular complexity index is 710. The van der Waals surface area contributed by atoms with Crippen LogP contribution in [0, 0.1) is 0 Å². The predicted molar refractivity (Wildman–Crippen MR) is 85.9 cm³/mol. The summed E-state index contributed by atoms with van der Waals surface area (Å²) < 4.78 is 10.7. The summed E-state index contributed by atoms with van der Waals surface area (Å²) in [6.45, 7) is 1.95. The summed E-state index contributed by atoms with van der Waals surface area (Å²) in [5.74, 6) is 1.25. The van der Waals surface area contributed by atoms with Crippen molar-refractivity contribution in [3.63, 3.8) is 0 Å². The quantitative estimate of drug-likeness (QED) is 0.945. The van der Waals surface area contributed by atoms with Gasteiger partial charge in [0, 0.05) is 11.3 Å². The molecule has 4 heteroatoms. The van der Waals surface area contributed by atoms with E-state index in [-0.39, 0.29) is 6.04 Å². The summed E-state index contributed by atoms with van der Waals surface area (Å²) in [4.78, 5) is 4.68. The second kappa shape index (κ2) is 5.81. The van der Waals surface area contributed by atoms with E-state index < -0.39 is 6.10 Å². The maximum absolute atomic E-state index is 10.8. The number of hydrogen-bond acceptors (Lipinski definition) is 4. The Morgan fingerprint density at radius 3 is 2.27 bits per heavy atom. The van der Waals surface area contributed by atoms with Crippen molar-refractivity contribution in [2.75, 3.05) is 14.2 Å². The van der Waals surface area contributed by atoms with E-state index in [1.165, 1.54) is 0 Å². The molecular weight excluding hydrogens is 278 g/mol. The molecule has 0 spiro atoms. The van der Waals surface area contributed by atoms with E-state index in [0.29, 0.717) is 11.5 Å². The number of aliphatic hydroxyl groups excluding tert-OH is 1. The molecule has 2 aromatic carbocycles. The highest BCUT2D eigenvalue weighted by Crippen LogP contribution is 2.42. The van der Waals surface area contributed by atoms with Gasteiger partial charge in [0.2, 0.25) is 0 Å². The van der Waals surface area contributed by atoms with Gasteiger partial charge in [0.05, 0.1) is 14.2 Å². The minimum absolute atomic E-state index is 0.299. The molecule has 0 bridgehead atoms. The van der Waals surface area contributed by atoms with Gasteiger partial charge in [0.25, 0.3) is 0 Å². The first-order valence-electron chi connectivity index (χ1n) is 7.19. The van der Waals surface area contributed by atoms with Gasteiger partial charge < -0.3 is 14.6 Å². The van der Waals surface area contributed by atoms with E-state index in [9.17, 15) is 5.11 Å². The number of methoxy groups -OCH3 is 2. The lowest BCUT2D eigenvalue weighted by Gasteiger charge is -2.28. The van der Waals surface area contributed by atoms with Gasteiger partial charge in [-0.25, -0.2) is 0 Å². The molecule has 0 unspecified atom stereocenters. The van der Waals surface area contributed by atoms with Crippen LogP contribution in [0.1, 0.15) is 35.8 Å². The van der Waals surface area contributed by atoms with Crippen molar-refractivity contribution in [2.45, 2.75) is 19.1 Å². The maximum Gasteiger partial charge on any atom is 0.161 e. The molecule has 0 aliphatic carbocycles. The molecule has 0 fully saturated rings. The van der Waals surface area contributed by atoms with Gasteiger partial charge in [-0.3, -0.25) is 4.99 Å².